The zero-order chi connectivity index (χ0) is 19.3. The summed E-state index contributed by atoms with van der Waals surface area (Å²) in [5.74, 6) is 0.357. The van der Waals surface area contributed by atoms with Gasteiger partial charge >= 0.3 is 5.97 Å². The summed E-state index contributed by atoms with van der Waals surface area (Å²) in [6.45, 7) is 0.494. The first kappa shape index (κ1) is 17.9. The fourth-order valence-corrected chi connectivity index (χ4v) is 2.76. The quantitative estimate of drug-likeness (QED) is 0.469. The summed E-state index contributed by atoms with van der Waals surface area (Å²) in [5, 5.41) is 0.493. The molecule has 138 valence electrons. The van der Waals surface area contributed by atoms with Gasteiger partial charge in [-0.2, -0.15) is 0 Å². The lowest BCUT2D eigenvalue weighted by atomic mass is 10.2. The summed E-state index contributed by atoms with van der Waals surface area (Å²) in [6, 6.07) is 20.6. The van der Waals surface area contributed by atoms with Gasteiger partial charge in [-0.25, -0.2) is 9.79 Å². The number of carbonyl (C=O) groups is 1. The fraction of sp³-hybridized carbons (Fsp3) is 0.0455. The van der Waals surface area contributed by atoms with E-state index in [1.807, 2.05) is 54.6 Å². The van der Waals surface area contributed by atoms with Crippen LogP contribution in [0.25, 0.3) is 6.08 Å². The number of cyclic esters (lactones) is 1. The number of benzene rings is 2. The number of halogens is 1. The molecule has 0 atom stereocenters. The average molecular weight is 391 g/mol. The molecule has 0 saturated carbocycles. The highest BCUT2D eigenvalue weighted by molar-refractivity contribution is 6.31. The average Bonchev–Trinajstić information content (AvgIpc) is 3.09. The van der Waals surface area contributed by atoms with Gasteiger partial charge in [-0.1, -0.05) is 54.1 Å². The first-order chi connectivity index (χ1) is 13.7. The third-order valence-corrected chi connectivity index (χ3v) is 4.23. The molecule has 1 aliphatic heterocycles. The monoisotopic (exact) mass is 390 g/mol. The van der Waals surface area contributed by atoms with Crippen LogP contribution >= 0.6 is 11.6 Å². The molecule has 1 aliphatic rings. The van der Waals surface area contributed by atoms with Crippen molar-refractivity contribution in [3.63, 3.8) is 0 Å². The molecule has 0 spiro atoms. The number of aromatic nitrogens is 1. The molecular weight excluding hydrogens is 376 g/mol. The van der Waals surface area contributed by atoms with Crippen LogP contribution in [0, 0.1) is 0 Å². The SMILES string of the molecule is O=C1OC(c2cc(Cl)ccn2)=N/C1=C\c1ccc(OCc2ccccc2)cc1. The van der Waals surface area contributed by atoms with Crippen LogP contribution < -0.4 is 4.74 Å². The van der Waals surface area contributed by atoms with E-state index < -0.39 is 5.97 Å². The summed E-state index contributed by atoms with van der Waals surface area (Å²) in [4.78, 5) is 20.4. The summed E-state index contributed by atoms with van der Waals surface area (Å²) in [7, 11) is 0. The van der Waals surface area contributed by atoms with E-state index in [4.69, 9.17) is 21.1 Å². The van der Waals surface area contributed by atoms with Gasteiger partial charge in [0.15, 0.2) is 5.70 Å². The molecule has 0 N–H and O–H groups in total. The highest BCUT2D eigenvalue weighted by Crippen LogP contribution is 2.21. The molecule has 3 aromatic rings. The fourth-order valence-electron chi connectivity index (χ4n) is 2.60. The van der Waals surface area contributed by atoms with Crippen LogP contribution in [0.5, 0.6) is 5.75 Å². The molecular formula is C22H15ClN2O3. The van der Waals surface area contributed by atoms with Gasteiger partial charge < -0.3 is 9.47 Å². The van der Waals surface area contributed by atoms with E-state index in [-0.39, 0.29) is 11.6 Å². The zero-order valence-corrected chi connectivity index (χ0v) is 15.5. The molecule has 28 heavy (non-hydrogen) atoms. The Labute approximate surface area is 166 Å². The Balaban J connectivity index is 1.47. The summed E-state index contributed by atoms with van der Waals surface area (Å²) in [6.07, 6.45) is 3.19. The zero-order valence-electron chi connectivity index (χ0n) is 14.7. The van der Waals surface area contributed by atoms with E-state index >= 15 is 0 Å². The van der Waals surface area contributed by atoms with Gasteiger partial charge in [0.1, 0.15) is 18.1 Å². The predicted molar refractivity (Wildman–Crippen MR) is 107 cm³/mol. The number of carbonyl (C=O) groups excluding carboxylic acids is 1. The van der Waals surface area contributed by atoms with E-state index in [9.17, 15) is 4.79 Å². The maximum absolute atomic E-state index is 12.1. The molecule has 2 aromatic carbocycles. The molecule has 6 heteroatoms. The minimum atomic E-state index is -0.527. The Morgan fingerprint density at radius 3 is 2.57 bits per heavy atom. The number of hydrogen-bond donors (Lipinski definition) is 0. The van der Waals surface area contributed by atoms with Crippen molar-refractivity contribution >= 4 is 29.5 Å². The van der Waals surface area contributed by atoms with Gasteiger partial charge in [-0.15, -0.1) is 0 Å². The van der Waals surface area contributed by atoms with Gasteiger partial charge in [-0.3, -0.25) is 4.98 Å². The lowest BCUT2D eigenvalue weighted by Crippen LogP contribution is -2.06. The maximum atomic E-state index is 12.1. The molecule has 0 unspecified atom stereocenters. The van der Waals surface area contributed by atoms with Crippen molar-refractivity contribution in [3.8, 4) is 5.75 Å². The van der Waals surface area contributed by atoms with Crippen molar-refractivity contribution < 1.29 is 14.3 Å². The molecule has 0 fully saturated rings. The summed E-state index contributed by atoms with van der Waals surface area (Å²) < 4.78 is 11.0. The van der Waals surface area contributed by atoms with Gasteiger partial charge in [0, 0.05) is 11.2 Å². The Hall–Kier alpha value is -3.44. The predicted octanol–water partition coefficient (Wildman–Crippen LogP) is 4.66. The Morgan fingerprint density at radius 2 is 1.82 bits per heavy atom. The van der Waals surface area contributed by atoms with Crippen LogP contribution in [-0.4, -0.2) is 16.9 Å². The summed E-state index contributed by atoms with van der Waals surface area (Å²) >= 11 is 5.94. The Bertz CT molecular complexity index is 1060. The highest BCUT2D eigenvalue weighted by atomic mass is 35.5. The van der Waals surface area contributed by atoms with Crippen molar-refractivity contribution in [1.29, 1.82) is 0 Å². The van der Waals surface area contributed by atoms with Crippen LogP contribution in [-0.2, 0) is 16.1 Å². The second kappa shape index (κ2) is 8.06. The number of esters is 1. The van der Waals surface area contributed by atoms with E-state index in [1.165, 1.54) is 6.20 Å². The van der Waals surface area contributed by atoms with Crippen LogP contribution in [0.4, 0.5) is 0 Å². The van der Waals surface area contributed by atoms with E-state index in [0.717, 1.165) is 16.9 Å². The maximum Gasteiger partial charge on any atom is 0.363 e. The second-order valence-electron chi connectivity index (χ2n) is 6.04. The second-order valence-corrected chi connectivity index (χ2v) is 6.48. The van der Waals surface area contributed by atoms with Gasteiger partial charge in [0.25, 0.3) is 0 Å². The number of nitrogens with zero attached hydrogens (tertiary/aromatic N) is 2. The minimum absolute atomic E-state index is 0.140. The summed E-state index contributed by atoms with van der Waals surface area (Å²) in [5.41, 5.74) is 2.52. The van der Waals surface area contributed by atoms with Crippen LogP contribution in [0.15, 0.2) is 83.6 Å². The van der Waals surface area contributed by atoms with Crippen molar-refractivity contribution in [2.45, 2.75) is 6.61 Å². The van der Waals surface area contributed by atoms with Crippen LogP contribution in [0.3, 0.4) is 0 Å². The molecule has 4 rings (SSSR count). The van der Waals surface area contributed by atoms with Crippen LogP contribution in [0.1, 0.15) is 16.8 Å². The molecule has 0 amide bonds. The molecule has 2 heterocycles. The van der Waals surface area contributed by atoms with E-state index in [0.29, 0.717) is 17.3 Å². The van der Waals surface area contributed by atoms with Crippen molar-refractivity contribution in [2.75, 3.05) is 0 Å². The Kier molecular flexibility index (Phi) is 5.17. The first-order valence-electron chi connectivity index (χ1n) is 8.59. The third-order valence-electron chi connectivity index (χ3n) is 3.99. The third kappa shape index (κ3) is 4.27. The number of ether oxygens (including phenoxy) is 2. The highest BCUT2D eigenvalue weighted by Gasteiger charge is 2.25. The van der Waals surface area contributed by atoms with Crippen LogP contribution in [0.2, 0.25) is 5.02 Å². The molecule has 0 bridgehead atoms. The normalized spacial score (nSPS) is 14.7. The number of hydrogen-bond acceptors (Lipinski definition) is 5. The van der Waals surface area contributed by atoms with Gasteiger partial charge in [0.05, 0.1) is 0 Å². The standard InChI is InChI=1S/C22H15ClN2O3/c23-17-10-11-24-19(13-17)21-25-20(22(26)28-21)12-15-6-8-18(9-7-15)27-14-16-4-2-1-3-5-16/h1-13H,14H2/b20-12-. The molecule has 0 aliphatic carbocycles. The molecule has 5 nitrogen and oxygen atoms in total. The Morgan fingerprint density at radius 1 is 1.04 bits per heavy atom. The number of rotatable bonds is 5. The largest absolute Gasteiger partial charge is 0.489 e. The van der Waals surface area contributed by atoms with Crippen molar-refractivity contribution in [2.24, 2.45) is 4.99 Å². The number of aliphatic imine (C=N–C) groups is 1. The first-order valence-corrected chi connectivity index (χ1v) is 8.96. The minimum Gasteiger partial charge on any atom is -0.489 e. The smallest absolute Gasteiger partial charge is 0.363 e. The van der Waals surface area contributed by atoms with E-state index in [1.54, 1.807) is 18.2 Å². The van der Waals surface area contributed by atoms with E-state index in [2.05, 4.69) is 9.98 Å². The van der Waals surface area contributed by atoms with Crippen molar-refractivity contribution in [3.05, 3.63) is 100 Å². The topological polar surface area (TPSA) is 60.8 Å². The number of pyridine rings is 1. The lowest BCUT2D eigenvalue weighted by Gasteiger charge is -2.06. The van der Waals surface area contributed by atoms with Crippen molar-refractivity contribution in [1.82, 2.24) is 4.98 Å². The molecule has 0 saturated heterocycles. The van der Waals surface area contributed by atoms with Gasteiger partial charge in [-0.05, 0) is 41.5 Å². The molecule has 1 aromatic heterocycles. The van der Waals surface area contributed by atoms with Gasteiger partial charge in [0.2, 0.25) is 5.90 Å². The molecule has 0 radical (unpaired) electrons. The lowest BCUT2D eigenvalue weighted by molar-refractivity contribution is -0.129.